The van der Waals surface area contributed by atoms with E-state index in [1.54, 1.807) is 0 Å². The number of aliphatic hydroxyl groups is 2. The van der Waals surface area contributed by atoms with E-state index in [0.29, 0.717) is 5.92 Å². The summed E-state index contributed by atoms with van der Waals surface area (Å²) < 4.78 is 0. The van der Waals surface area contributed by atoms with Gasteiger partial charge in [-0.25, -0.2) is 0 Å². The molecule has 2 N–H and O–H groups in total. The smallest absolute Gasteiger partial charge is 0.0544 e. The second-order valence-corrected chi connectivity index (χ2v) is 3.69. The van der Waals surface area contributed by atoms with Gasteiger partial charge in [0.1, 0.15) is 0 Å². The van der Waals surface area contributed by atoms with E-state index in [1.807, 2.05) is 6.08 Å². The summed E-state index contributed by atoms with van der Waals surface area (Å²) in [4.78, 5) is 0. The van der Waals surface area contributed by atoms with Crippen LogP contribution >= 0.6 is 0 Å². The summed E-state index contributed by atoms with van der Waals surface area (Å²) in [5.41, 5.74) is 0. The lowest BCUT2D eigenvalue weighted by Gasteiger charge is -2.32. The highest BCUT2D eigenvalue weighted by Gasteiger charge is 2.27. The summed E-state index contributed by atoms with van der Waals surface area (Å²) in [5, 5.41) is 18.4. The highest BCUT2D eigenvalue weighted by atomic mass is 16.3. The van der Waals surface area contributed by atoms with Crippen LogP contribution in [-0.2, 0) is 0 Å². The number of allylic oxidation sites excluding steroid dienone is 1. The third-order valence-corrected chi connectivity index (χ3v) is 2.82. The standard InChI is InChI=1S/C10H18O2/c1-2-3-8-4-5-10(12)6-9(8)7-11/h2,8-12H,1,3-7H2/t8-,9+,10?/m1/s1. The summed E-state index contributed by atoms with van der Waals surface area (Å²) in [6.45, 7) is 3.90. The summed E-state index contributed by atoms with van der Waals surface area (Å²) in [6.07, 6.45) is 5.36. The molecule has 0 heterocycles. The molecule has 0 amide bonds. The van der Waals surface area contributed by atoms with Gasteiger partial charge in [0.2, 0.25) is 0 Å². The number of hydrogen-bond acceptors (Lipinski definition) is 2. The zero-order valence-electron chi connectivity index (χ0n) is 7.45. The van der Waals surface area contributed by atoms with E-state index in [2.05, 4.69) is 6.58 Å². The van der Waals surface area contributed by atoms with Crippen molar-refractivity contribution < 1.29 is 10.2 Å². The van der Waals surface area contributed by atoms with Crippen LogP contribution in [-0.4, -0.2) is 22.9 Å². The molecule has 2 heteroatoms. The minimum absolute atomic E-state index is 0.191. The summed E-state index contributed by atoms with van der Waals surface area (Å²) in [7, 11) is 0. The van der Waals surface area contributed by atoms with Crippen molar-refractivity contribution in [3.63, 3.8) is 0 Å². The molecule has 0 spiro atoms. The minimum atomic E-state index is -0.191. The lowest BCUT2D eigenvalue weighted by atomic mass is 9.77. The van der Waals surface area contributed by atoms with Gasteiger partial charge in [-0.05, 0) is 37.5 Å². The largest absolute Gasteiger partial charge is 0.396 e. The van der Waals surface area contributed by atoms with E-state index in [4.69, 9.17) is 5.11 Å². The molecule has 0 saturated heterocycles. The monoisotopic (exact) mass is 170 g/mol. The van der Waals surface area contributed by atoms with E-state index in [0.717, 1.165) is 25.7 Å². The Labute approximate surface area is 73.9 Å². The molecule has 0 bridgehead atoms. The highest BCUT2D eigenvalue weighted by Crippen LogP contribution is 2.32. The molecule has 2 nitrogen and oxygen atoms in total. The van der Waals surface area contributed by atoms with E-state index in [9.17, 15) is 5.11 Å². The van der Waals surface area contributed by atoms with Crippen molar-refractivity contribution in [1.82, 2.24) is 0 Å². The topological polar surface area (TPSA) is 40.5 Å². The highest BCUT2D eigenvalue weighted by molar-refractivity contribution is 4.84. The lowest BCUT2D eigenvalue weighted by Crippen LogP contribution is -2.29. The number of rotatable bonds is 3. The van der Waals surface area contributed by atoms with Crippen molar-refractivity contribution in [2.75, 3.05) is 6.61 Å². The second-order valence-electron chi connectivity index (χ2n) is 3.69. The molecule has 0 aromatic heterocycles. The van der Waals surface area contributed by atoms with E-state index in [1.165, 1.54) is 0 Å². The second kappa shape index (κ2) is 4.63. The molecule has 1 aliphatic rings. The Morgan fingerprint density at radius 1 is 1.33 bits per heavy atom. The third-order valence-electron chi connectivity index (χ3n) is 2.82. The molecule has 0 aliphatic heterocycles. The average molecular weight is 170 g/mol. The van der Waals surface area contributed by atoms with Crippen molar-refractivity contribution in [2.45, 2.75) is 31.8 Å². The first kappa shape index (κ1) is 9.75. The maximum Gasteiger partial charge on any atom is 0.0544 e. The van der Waals surface area contributed by atoms with Crippen molar-refractivity contribution in [1.29, 1.82) is 0 Å². The van der Waals surface area contributed by atoms with Crippen LogP contribution in [0.5, 0.6) is 0 Å². The van der Waals surface area contributed by atoms with Gasteiger partial charge in [-0.2, -0.15) is 0 Å². The Kier molecular flexibility index (Phi) is 3.76. The predicted molar refractivity (Wildman–Crippen MR) is 48.7 cm³/mol. The van der Waals surface area contributed by atoms with Crippen LogP contribution in [0.3, 0.4) is 0 Å². The zero-order valence-corrected chi connectivity index (χ0v) is 7.45. The van der Waals surface area contributed by atoms with Crippen molar-refractivity contribution in [3.05, 3.63) is 12.7 Å². The van der Waals surface area contributed by atoms with Crippen LogP contribution in [0, 0.1) is 11.8 Å². The lowest BCUT2D eigenvalue weighted by molar-refractivity contribution is 0.0416. The average Bonchev–Trinajstić information content (AvgIpc) is 2.08. The first-order valence-corrected chi connectivity index (χ1v) is 4.67. The first-order valence-electron chi connectivity index (χ1n) is 4.67. The Morgan fingerprint density at radius 3 is 2.67 bits per heavy atom. The molecule has 0 aromatic rings. The molecule has 3 atom stereocenters. The molecule has 1 fully saturated rings. The Balaban J connectivity index is 2.44. The number of hydrogen-bond donors (Lipinski definition) is 2. The van der Waals surface area contributed by atoms with Crippen LogP contribution < -0.4 is 0 Å². The van der Waals surface area contributed by atoms with Gasteiger partial charge in [-0.3, -0.25) is 0 Å². The number of aliphatic hydroxyl groups excluding tert-OH is 2. The van der Waals surface area contributed by atoms with Crippen LogP contribution in [0.25, 0.3) is 0 Å². The summed E-state index contributed by atoms with van der Waals surface area (Å²) in [6, 6.07) is 0. The van der Waals surface area contributed by atoms with Crippen molar-refractivity contribution >= 4 is 0 Å². The molecule has 1 saturated carbocycles. The molecule has 1 aliphatic carbocycles. The summed E-state index contributed by atoms with van der Waals surface area (Å²) >= 11 is 0. The molecular weight excluding hydrogens is 152 g/mol. The molecule has 0 aromatic carbocycles. The zero-order chi connectivity index (χ0) is 8.97. The maximum absolute atomic E-state index is 9.36. The van der Waals surface area contributed by atoms with Crippen LogP contribution in [0.1, 0.15) is 25.7 Å². The quantitative estimate of drug-likeness (QED) is 0.627. The summed E-state index contributed by atoms with van der Waals surface area (Å²) in [5.74, 6) is 0.822. The van der Waals surface area contributed by atoms with Gasteiger partial charge in [-0.1, -0.05) is 6.08 Å². The van der Waals surface area contributed by atoms with Gasteiger partial charge >= 0.3 is 0 Å². The van der Waals surface area contributed by atoms with E-state index >= 15 is 0 Å². The molecule has 70 valence electrons. The maximum atomic E-state index is 9.36. The fraction of sp³-hybridized carbons (Fsp3) is 0.800. The van der Waals surface area contributed by atoms with E-state index < -0.39 is 0 Å². The van der Waals surface area contributed by atoms with Gasteiger partial charge in [0.05, 0.1) is 6.10 Å². The van der Waals surface area contributed by atoms with Gasteiger partial charge in [0, 0.05) is 6.61 Å². The van der Waals surface area contributed by atoms with Crippen LogP contribution in [0.2, 0.25) is 0 Å². The molecule has 1 rings (SSSR count). The van der Waals surface area contributed by atoms with E-state index in [-0.39, 0.29) is 18.6 Å². The third kappa shape index (κ3) is 2.32. The molecular formula is C10H18O2. The first-order chi connectivity index (χ1) is 5.77. The Morgan fingerprint density at radius 2 is 2.08 bits per heavy atom. The Hall–Kier alpha value is -0.340. The molecule has 1 unspecified atom stereocenters. The van der Waals surface area contributed by atoms with Gasteiger partial charge in [0.25, 0.3) is 0 Å². The Bertz CT molecular complexity index is 145. The fourth-order valence-electron chi connectivity index (χ4n) is 2.05. The molecule has 0 radical (unpaired) electrons. The minimum Gasteiger partial charge on any atom is -0.396 e. The van der Waals surface area contributed by atoms with Gasteiger partial charge < -0.3 is 10.2 Å². The van der Waals surface area contributed by atoms with Gasteiger partial charge in [-0.15, -0.1) is 6.58 Å². The van der Waals surface area contributed by atoms with Crippen LogP contribution in [0.4, 0.5) is 0 Å². The van der Waals surface area contributed by atoms with Crippen molar-refractivity contribution in [2.24, 2.45) is 11.8 Å². The predicted octanol–water partition coefficient (Wildman–Crippen LogP) is 1.33. The normalized spacial score (nSPS) is 36.3. The van der Waals surface area contributed by atoms with Crippen LogP contribution in [0.15, 0.2) is 12.7 Å². The van der Waals surface area contributed by atoms with Crippen molar-refractivity contribution in [3.8, 4) is 0 Å². The SMILES string of the molecule is C=CC[C@@H]1CCC(O)C[C@H]1CO. The van der Waals surface area contributed by atoms with Gasteiger partial charge in [0.15, 0.2) is 0 Å². The fourth-order valence-corrected chi connectivity index (χ4v) is 2.05. The molecule has 12 heavy (non-hydrogen) atoms.